The van der Waals surface area contributed by atoms with E-state index >= 15 is 0 Å². The van der Waals surface area contributed by atoms with Gasteiger partial charge in [-0.25, -0.2) is 4.98 Å². The molecule has 3 nitrogen and oxygen atoms in total. The van der Waals surface area contributed by atoms with Crippen molar-refractivity contribution in [2.45, 2.75) is 12.5 Å². The van der Waals surface area contributed by atoms with Crippen molar-refractivity contribution >= 4 is 11.6 Å². The lowest BCUT2D eigenvalue weighted by Gasteiger charge is -2.15. The van der Waals surface area contributed by atoms with Crippen molar-refractivity contribution in [3.8, 4) is 0 Å². The van der Waals surface area contributed by atoms with Gasteiger partial charge in [0.05, 0.1) is 0 Å². The van der Waals surface area contributed by atoms with Crippen molar-refractivity contribution in [3.63, 3.8) is 0 Å². The summed E-state index contributed by atoms with van der Waals surface area (Å²) in [5, 5.41) is 12.4. The zero-order valence-corrected chi connectivity index (χ0v) is 8.25. The largest absolute Gasteiger partial charge is 0.396 e. The van der Waals surface area contributed by atoms with Crippen LogP contribution in [0.3, 0.4) is 0 Å². The average molecular weight is 201 g/mol. The van der Waals surface area contributed by atoms with E-state index in [1.807, 2.05) is 19.2 Å². The van der Waals surface area contributed by atoms with Crippen LogP contribution in [0.25, 0.3) is 0 Å². The van der Waals surface area contributed by atoms with Crippen LogP contribution in [0.15, 0.2) is 18.3 Å². The quantitative estimate of drug-likeness (QED) is 0.722. The van der Waals surface area contributed by atoms with Crippen LogP contribution in [0.4, 0.5) is 0 Å². The lowest BCUT2D eigenvalue weighted by atomic mass is 10.1. The molecule has 0 amide bonds. The Morgan fingerprint density at radius 1 is 1.69 bits per heavy atom. The first-order valence-electron chi connectivity index (χ1n) is 4.18. The van der Waals surface area contributed by atoms with Gasteiger partial charge in [0, 0.05) is 24.4 Å². The Hall–Kier alpha value is -0.640. The molecular formula is C9H13ClN2O. The molecule has 0 fully saturated rings. The first-order chi connectivity index (χ1) is 6.29. The fraction of sp³-hybridized carbons (Fsp3) is 0.444. The molecule has 1 atom stereocenters. The molecule has 1 rings (SSSR count). The molecule has 0 unspecified atom stereocenters. The van der Waals surface area contributed by atoms with Gasteiger partial charge in [0.25, 0.3) is 0 Å². The maximum Gasteiger partial charge on any atom is 0.133 e. The molecule has 0 aromatic carbocycles. The number of hydrogen-bond acceptors (Lipinski definition) is 3. The number of nitrogens with zero attached hydrogens (tertiary/aromatic N) is 1. The minimum Gasteiger partial charge on any atom is -0.396 e. The molecule has 0 aliphatic rings. The number of halogens is 1. The second kappa shape index (κ2) is 5.17. The molecule has 1 heterocycles. The highest BCUT2D eigenvalue weighted by Crippen LogP contribution is 2.22. The molecule has 2 N–H and O–H groups in total. The fourth-order valence-corrected chi connectivity index (χ4v) is 1.49. The van der Waals surface area contributed by atoms with Gasteiger partial charge < -0.3 is 10.4 Å². The van der Waals surface area contributed by atoms with Crippen molar-refractivity contribution in [1.82, 2.24) is 10.3 Å². The summed E-state index contributed by atoms with van der Waals surface area (Å²) in [6.07, 6.45) is 2.29. The molecule has 0 radical (unpaired) electrons. The molecule has 0 bridgehead atoms. The minimum atomic E-state index is 0.0752. The summed E-state index contributed by atoms with van der Waals surface area (Å²) in [5.74, 6) is 0. The van der Waals surface area contributed by atoms with Crippen LogP contribution >= 0.6 is 11.6 Å². The second-order valence-corrected chi connectivity index (χ2v) is 3.09. The van der Waals surface area contributed by atoms with Gasteiger partial charge in [-0.05, 0) is 19.5 Å². The Labute approximate surface area is 82.8 Å². The van der Waals surface area contributed by atoms with Crippen LogP contribution < -0.4 is 5.32 Å². The van der Waals surface area contributed by atoms with Crippen LogP contribution in [0.5, 0.6) is 0 Å². The van der Waals surface area contributed by atoms with E-state index in [0.717, 1.165) is 5.56 Å². The molecule has 4 heteroatoms. The standard InChI is InChI=1S/C9H13ClN2O/c1-11-8(4-6-13)7-3-2-5-12-9(7)10/h2-3,5,8,11,13H,4,6H2,1H3/t8-/m1/s1. The van der Waals surface area contributed by atoms with Gasteiger partial charge in [0.1, 0.15) is 5.15 Å². The van der Waals surface area contributed by atoms with Gasteiger partial charge >= 0.3 is 0 Å². The highest BCUT2D eigenvalue weighted by Gasteiger charge is 2.11. The van der Waals surface area contributed by atoms with Gasteiger partial charge in [0.15, 0.2) is 0 Å². The van der Waals surface area contributed by atoms with Crippen LogP contribution in [0, 0.1) is 0 Å². The van der Waals surface area contributed by atoms with Crippen molar-refractivity contribution in [2.75, 3.05) is 13.7 Å². The summed E-state index contributed by atoms with van der Waals surface area (Å²) < 4.78 is 0. The van der Waals surface area contributed by atoms with E-state index < -0.39 is 0 Å². The fourth-order valence-electron chi connectivity index (χ4n) is 1.24. The number of nitrogens with one attached hydrogen (secondary N) is 1. The third-order valence-electron chi connectivity index (χ3n) is 1.93. The highest BCUT2D eigenvalue weighted by molar-refractivity contribution is 6.30. The Balaban J connectivity index is 2.84. The summed E-state index contributed by atoms with van der Waals surface area (Å²) in [6, 6.07) is 3.82. The third-order valence-corrected chi connectivity index (χ3v) is 2.25. The van der Waals surface area contributed by atoms with E-state index in [0.29, 0.717) is 11.6 Å². The van der Waals surface area contributed by atoms with Crippen molar-refractivity contribution in [2.24, 2.45) is 0 Å². The predicted molar refractivity (Wildman–Crippen MR) is 52.8 cm³/mol. The Kier molecular flexibility index (Phi) is 4.15. The van der Waals surface area contributed by atoms with Crippen molar-refractivity contribution < 1.29 is 5.11 Å². The topological polar surface area (TPSA) is 45.1 Å². The van der Waals surface area contributed by atoms with E-state index in [2.05, 4.69) is 10.3 Å². The zero-order chi connectivity index (χ0) is 9.68. The third kappa shape index (κ3) is 2.66. The average Bonchev–Trinajstić information content (AvgIpc) is 2.16. The molecule has 0 saturated carbocycles. The predicted octanol–water partition coefficient (Wildman–Crippen LogP) is 1.38. The van der Waals surface area contributed by atoms with E-state index in [4.69, 9.17) is 16.7 Å². The lowest BCUT2D eigenvalue weighted by Crippen LogP contribution is -2.18. The van der Waals surface area contributed by atoms with Crippen molar-refractivity contribution in [1.29, 1.82) is 0 Å². The SMILES string of the molecule is CN[C@H](CCO)c1cccnc1Cl. The molecule has 1 aromatic heterocycles. The second-order valence-electron chi connectivity index (χ2n) is 2.74. The summed E-state index contributed by atoms with van der Waals surface area (Å²) >= 11 is 5.90. The molecule has 0 aliphatic carbocycles. The molecule has 72 valence electrons. The Bertz CT molecular complexity index is 268. The van der Waals surface area contributed by atoms with E-state index in [9.17, 15) is 0 Å². The van der Waals surface area contributed by atoms with Gasteiger partial charge in [-0.15, -0.1) is 0 Å². The maximum atomic E-state index is 8.82. The van der Waals surface area contributed by atoms with E-state index in [1.165, 1.54) is 0 Å². The Morgan fingerprint density at radius 2 is 2.46 bits per heavy atom. The summed E-state index contributed by atoms with van der Waals surface area (Å²) in [4.78, 5) is 3.97. The smallest absolute Gasteiger partial charge is 0.133 e. The number of aromatic nitrogens is 1. The number of pyridine rings is 1. The van der Waals surface area contributed by atoms with Crippen LogP contribution in [-0.4, -0.2) is 23.7 Å². The minimum absolute atomic E-state index is 0.0752. The maximum absolute atomic E-state index is 8.82. The first kappa shape index (κ1) is 10.4. The number of aliphatic hydroxyl groups is 1. The molecule has 0 aliphatic heterocycles. The lowest BCUT2D eigenvalue weighted by molar-refractivity contribution is 0.268. The Morgan fingerprint density at radius 3 is 3.00 bits per heavy atom. The zero-order valence-electron chi connectivity index (χ0n) is 7.50. The van der Waals surface area contributed by atoms with Crippen LogP contribution in [0.2, 0.25) is 5.15 Å². The summed E-state index contributed by atoms with van der Waals surface area (Å²) in [5.41, 5.74) is 0.931. The van der Waals surface area contributed by atoms with Gasteiger partial charge in [-0.1, -0.05) is 17.7 Å². The van der Waals surface area contributed by atoms with Gasteiger partial charge in [-0.2, -0.15) is 0 Å². The van der Waals surface area contributed by atoms with E-state index in [-0.39, 0.29) is 12.6 Å². The normalized spacial score (nSPS) is 12.8. The molecule has 0 spiro atoms. The van der Waals surface area contributed by atoms with Gasteiger partial charge in [0.2, 0.25) is 0 Å². The van der Waals surface area contributed by atoms with Crippen LogP contribution in [0.1, 0.15) is 18.0 Å². The number of hydrogen-bond donors (Lipinski definition) is 2. The number of aliphatic hydroxyl groups excluding tert-OH is 1. The monoisotopic (exact) mass is 200 g/mol. The number of rotatable bonds is 4. The first-order valence-corrected chi connectivity index (χ1v) is 4.56. The van der Waals surface area contributed by atoms with Crippen LogP contribution in [-0.2, 0) is 0 Å². The molecular weight excluding hydrogens is 188 g/mol. The van der Waals surface area contributed by atoms with E-state index in [1.54, 1.807) is 6.20 Å². The van der Waals surface area contributed by atoms with Gasteiger partial charge in [-0.3, -0.25) is 0 Å². The van der Waals surface area contributed by atoms with Crippen molar-refractivity contribution in [3.05, 3.63) is 29.0 Å². The highest BCUT2D eigenvalue weighted by atomic mass is 35.5. The summed E-state index contributed by atoms with van der Waals surface area (Å²) in [6.45, 7) is 0.136. The summed E-state index contributed by atoms with van der Waals surface area (Å²) in [7, 11) is 1.84. The molecule has 13 heavy (non-hydrogen) atoms. The molecule has 0 saturated heterocycles. The molecule has 1 aromatic rings.